The smallest absolute Gasteiger partial charge is 0.238 e. The first-order valence-corrected chi connectivity index (χ1v) is 7.43. The first kappa shape index (κ1) is 14.4. The Morgan fingerprint density at radius 1 is 1.24 bits per heavy atom. The first-order valence-electron chi connectivity index (χ1n) is 7.43. The molecule has 1 amide bonds. The molecule has 3 rings (SSSR count). The van der Waals surface area contributed by atoms with E-state index in [9.17, 15) is 9.18 Å². The lowest BCUT2D eigenvalue weighted by Crippen LogP contribution is -2.63. The molecule has 2 saturated heterocycles. The SMILES string of the molecule is O=C(CN1CC(N2CCNCC2)C1)Nc1ccc(F)cc1. The Kier molecular flexibility index (Phi) is 4.48. The van der Waals surface area contributed by atoms with Gasteiger partial charge in [0.1, 0.15) is 5.82 Å². The number of carbonyl (C=O) groups excluding carboxylic acids is 1. The van der Waals surface area contributed by atoms with Crippen LogP contribution < -0.4 is 10.6 Å². The van der Waals surface area contributed by atoms with Crippen molar-refractivity contribution < 1.29 is 9.18 Å². The number of benzene rings is 1. The Balaban J connectivity index is 1.39. The van der Waals surface area contributed by atoms with Gasteiger partial charge in [-0.25, -0.2) is 4.39 Å². The Morgan fingerprint density at radius 2 is 1.90 bits per heavy atom. The van der Waals surface area contributed by atoms with Gasteiger partial charge >= 0.3 is 0 Å². The van der Waals surface area contributed by atoms with E-state index in [2.05, 4.69) is 20.4 Å². The third-order valence-corrected chi connectivity index (χ3v) is 4.10. The van der Waals surface area contributed by atoms with Gasteiger partial charge in [0.05, 0.1) is 6.54 Å². The summed E-state index contributed by atoms with van der Waals surface area (Å²) in [5.74, 6) is -0.338. The molecule has 1 aromatic rings. The van der Waals surface area contributed by atoms with E-state index in [-0.39, 0.29) is 11.7 Å². The molecule has 2 aliphatic heterocycles. The van der Waals surface area contributed by atoms with Crippen LogP contribution in [0, 0.1) is 5.82 Å². The Hall–Kier alpha value is -1.50. The van der Waals surface area contributed by atoms with Crippen molar-refractivity contribution in [1.29, 1.82) is 0 Å². The summed E-state index contributed by atoms with van der Waals surface area (Å²) >= 11 is 0. The quantitative estimate of drug-likeness (QED) is 0.841. The fourth-order valence-electron chi connectivity index (χ4n) is 2.89. The molecule has 0 atom stereocenters. The highest BCUT2D eigenvalue weighted by atomic mass is 19.1. The van der Waals surface area contributed by atoms with E-state index in [0.29, 0.717) is 18.3 Å². The van der Waals surface area contributed by atoms with Crippen LogP contribution in [-0.2, 0) is 4.79 Å². The fraction of sp³-hybridized carbons (Fsp3) is 0.533. The minimum atomic E-state index is -0.297. The molecule has 0 spiro atoms. The summed E-state index contributed by atoms with van der Waals surface area (Å²) in [7, 11) is 0. The van der Waals surface area contributed by atoms with Gasteiger partial charge in [-0.3, -0.25) is 14.6 Å². The minimum absolute atomic E-state index is 0.0413. The summed E-state index contributed by atoms with van der Waals surface area (Å²) in [4.78, 5) is 16.5. The second-order valence-electron chi connectivity index (χ2n) is 5.69. The van der Waals surface area contributed by atoms with Gasteiger partial charge in [-0.15, -0.1) is 0 Å². The van der Waals surface area contributed by atoms with Crippen molar-refractivity contribution >= 4 is 11.6 Å². The highest BCUT2D eigenvalue weighted by Crippen LogP contribution is 2.15. The maximum absolute atomic E-state index is 12.8. The van der Waals surface area contributed by atoms with Crippen LogP contribution >= 0.6 is 0 Å². The predicted octanol–water partition coefficient (Wildman–Crippen LogP) is 0.354. The maximum atomic E-state index is 12.8. The topological polar surface area (TPSA) is 47.6 Å². The lowest BCUT2D eigenvalue weighted by Gasteiger charge is -2.46. The molecule has 2 aliphatic rings. The van der Waals surface area contributed by atoms with Crippen molar-refractivity contribution in [3.05, 3.63) is 30.1 Å². The number of piperazine rings is 1. The van der Waals surface area contributed by atoms with Gasteiger partial charge in [-0.05, 0) is 24.3 Å². The lowest BCUT2D eigenvalue weighted by molar-refractivity contribution is -0.119. The molecular formula is C15H21FN4O. The van der Waals surface area contributed by atoms with E-state index < -0.39 is 0 Å². The second-order valence-corrected chi connectivity index (χ2v) is 5.69. The molecule has 21 heavy (non-hydrogen) atoms. The number of amides is 1. The number of hydrogen-bond donors (Lipinski definition) is 2. The predicted molar refractivity (Wildman–Crippen MR) is 79.7 cm³/mol. The molecule has 1 aromatic carbocycles. The molecule has 0 aliphatic carbocycles. The molecule has 0 radical (unpaired) electrons. The zero-order chi connectivity index (χ0) is 14.7. The van der Waals surface area contributed by atoms with Crippen LogP contribution in [0.2, 0.25) is 0 Å². The van der Waals surface area contributed by atoms with E-state index in [1.165, 1.54) is 12.1 Å². The van der Waals surface area contributed by atoms with E-state index in [1.54, 1.807) is 12.1 Å². The van der Waals surface area contributed by atoms with Gasteiger partial charge < -0.3 is 10.6 Å². The molecule has 2 heterocycles. The van der Waals surface area contributed by atoms with Gasteiger partial charge in [0, 0.05) is 51.0 Å². The maximum Gasteiger partial charge on any atom is 0.238 e. The Morgan fingerprint density at radius 3 is 2.57 bits per heavy atom. The summed E-state index contributed by atoms with van der Waals surface area (Å²) in [5, 5.41) is 6.14. The third-order valence-electron chi connectivity index (χ3n) is 4.10. The van der Waals surface area contributed by atoms with Crippen LogP contribution in [0.25, 0.3) is 0 Å². The van der Waals surface area contributed by atoms with Crippen molar-refractivity contribution in [2.75, 3.05) is 51.1 Å². The van der Waals surface area contributed by atoms with Crippen LogP contribution in [0.4, 0.5) is 10.1 Å². The molecule has 0 unspecified atom stereocenters. The number of rotatable bonds is 4. The minimum Gasteiger partial charge on any atom is -0.325 e. The molecule has 2 N–H and O–H groups in total. The van der Waals surface area contributed by atoms with Crippen molar-refractivity contribution in [2.45, 2.75) is 6.04 Å². The number of nitrogens with zero attached hydrogens (tertiary/aromatic N) is 2. The normalized spacial score (nSPS) is 21.0. The number of hydrogen-bond acceptors (Lipinski definition) is 4. The molecule has 2 fully saturated rings. The van der Waals surface area contributed by atoms with Crippen LogP contribution in [0.15, 0.2) is 24.3 Å². The summed E-state index contributed by atoms with van der Waals surface area (Å²) in [6.07, 6.45) is 0. The Bertz CT molecular complexity index is 481. The third kappa shape index (κ3) is 3.78. The van der Waals surface area contributed by atoms with Crippen LogP contribution in [0.1, 0.15) is 0 Å². The van der Waals surface area contributed by atoms with Gasteiger partial charge in [-0.1, -0.05) is 0 Å². The van der Waals surface area contributed by atoms with Crippen molar-refractivity contribution in [3.8, 4) is 0 Å². The number of nitrogens with one attached hydrogen (secondary N) is 2. The zero-order valence-electron chi connectivity index (χ0n) is 12.0. The van der Waals surface area contributed by atoms with Gasteiger partial charge in [0.25, 0.3) is 0 Å². The van der Waals surface area contributed by atoms with Gasteiger partial charge in [0.15, 0.2) is 0 Å². The van der Waals surface area contributed by atoms with E-state index in [0.717, 1.165) is 39.3 Å². The molecule has 0 aromatic heterocycles. The van der Waals surface area contributed by atoms with Crippen LogP contribution in [0.3, 0.4) is 0 Å². The lowest BCUT2D eigenvalue weighted by atomic mass is 10.1. The summed E-state index contributed by atoms with van der Waals surface area (Å²) in [5.41, 5.74) is 0.639. The molecule has 6 heteroatoms. The number of likely N-dealkylation sites (tertiary alicyclic amines) is 1. The molecule has 0 saturated carbocycles. The molecule has 0 bridgehead atoms. The highest BCUT2D eigenvalue weighted by molar-refractivity contribution is 5.92. The highest BCUT2D eigenvalue weighted by Gasteiger charge is 2.32. The number of anilines is 1. The molecule has 5 nitrogen and oxygen atoms in total. The zero-order valence-corrected chi connectivity index (χ0v) is 12.0. The van der Waals surface area contributed by atoms with Crippen molar-refractivity contribution in [2.24, 2.45) is 0 Å². The number of carbonyl (C=O) groups is 1. The van der Waals surface area contributed by atoms with Crippen LogP contribution in [0.5, 0.6) is 0 Å². The van der Waals surface area contributed by atoms with E-state index in [4.69, 9.17) is 0 Å². The van der Waals surface area contributed by atoms with E-state index >= 15 is 0 Å². The van der Waals surface area contributed by atoms with Gasteiger partial charge in [-0.2, -0.15) is 0 Å². The monoisotopic (exact) mass is 292 g/mol. The standard InChI is InChI=1S/C15H21FN4O/c16-12-1-3-13(4-2-12)18-15(21)11-19-9-14(10-19)20-7-5-17-6-8-20/h1-4,14,17H,5-11H2,(H,18,21). The number of halogens is 1. The molecule has 114 valence electrons. The van der Waals surface area contributed by atoms with Crippen molar-refractivity contribution in [3.63, 3.8) is 0 Å². The van der Waals surface area contributed by atoms with Crippen LogP contribution in [-0.4, -0.2) is 67.6 Å². The molecular weight excluding hydrogens is 271 g/mol. The average Bonchev–Trinajstić information content (AvgIpc) is 2.46. The second kappa shape index (κ2) is 6.51. The van der Waals surface area contributed by atoms with E-state index in [1.807, 2.05) is 0 Å². The summed E-state index contributed by atoms with van der Waals surface area (Å²) < 4.78 is 12.8. The first-order chi connectivity index (χ1) is 10.2. The summed E-state index contributed by atoms with van der Waals surface area (Å²) in [6.45, 7) is 6.62. The summed E-state index contributed by atoms with van der Waals surface area (Å²) in [6, 6.07) is 6.43. The fourth-order valence-corrected chi connectivity index (χ4v) is 2.89. The Labute approximate surface area is 124 Å². The largest absolute Gasteiger partial charge is 0.325 e. The van der Waals surface area contributed by atoms with Crippen molar-refractivity contribution in [1.82, 2.24) is 15.1 Å². The van der Waals surface area contributed by atoms with Gasteiger partial charge in [0.2, 0.25) is 5.91 Å². The average molecular weight is 292 g/mol.